The van der Waals surface area contributed by atoms with Crippen molar-refractivity contribution in [1.29, 1.82) is 0 Å². The molecule has 2 aromatic carbocycles. The van der Waals surface area contributed by atoms with Crippen LogP contribution in [0.5, 0.6) is 0 Å². The molecule has 276 valence electrons. The molecule has 0 aromatic heterocycles. The van der Waals surface area contributed by atoms with Crippen LogP contribution >= 0.6 is 15.1 Å². The number of rotatable bonds is 5. The Balaban J connectivity index is 2.85. The SMILES string of the molecule is CC(C)CCP1=C(c2c(C(C)(C)C)cc(C(C)(C)C)cc2C(C)(C)C)P(C(C)(C)C)C=1c1c(C(C)(C)C)cc(C(C)(C)C)cc1C(C)(C)C. The van der Waals surface area contributed by atoms with Crippen LogP contribution < -0.4 is 0 Å². The third-order valence-electron chi connectivity index (χ3n) is 10.2. The molecule has 0 nitrogen and oxygen atoms in total. The first-order valence-corrected chi connectivity index (χ1v) is 22.2. The van der Waals surface area contributed by atoms with Gasteiger partial charge in [-0.25, -0.2) is 0 Å². The highest BCUT2D eigenvalue weighted by Gasteiger charge is 2.46. The Bertz CT molecular complexity index is 1450. The van der Waals surface area contributed by atoms with Crippen molar-refractivity contribution in [2.45, 2.75) is 203 Å². The minimum Gasteiger partial charge on any atom is -0.107 e. The Kier molecular flexibility index (Phi) is 11.6. The second-order valence-electron chi connectivity index (χ2n) is 22.9. The van der Waals surface area contributed by atoms with Gasteiger partial charge in [-0.3, -0.25) is 0 Å². The first kappa shape index (κ1) is 42.3. The van der Waals surface area contributed by atoms with Crippen LogP contribution in [0.4, 0.5) is 0 Å². The van der Waals surface area contributed by atoms with Gasteiger partial charge in [-0.2, -0.15) is 0 Å². The highest BCUT2D eigenvalue weighted by atomic mass is 31.2. The molecule has 2 heteroatoms. The molecular formula is C47H78P2. The van der Waals surface area contributed by atoms with E-state index in [9.17, 15) is 0 Å². The molecule has 0 radical (unpaired) electrons. The lowest BCUT2D eigenvalue weighted by Gasteiger charge is -2.48. The molecule has 0 saturated heterocycles. The molecule has 1 heterocycles. The number of hydrogen-bond donors (Lipinski definition) is 0. The van der Waals surface area contributed by atoms with Gasteiger partial charge in [0.15, 0.2) is 0 Å². The van der Waals surface area contributed by atoms with Crippen LogP contribution in [0.25, 0.3) is 0 Å². The molecule has 3 rings (SSSR count). The Morgan fingerprint density at radius 3 is 0.878 bits per heavy atom. The maximum atomic E-state index is 2.63. The van der Waals surface area contributed by atoms with Gasteiger partial charge in [-0.05, 0) is 109 Å². The van der Waals surface area contributed by atoms with Crippen molar-refractivity contribution in [3.8, 4) is 0 Å². The molecular weight excluding hydrogens is 626 g/mol. The van der Waals surface area contributed by atoms with Gasteiger partial charge in [0.2, 0.25) is 0 Å². The fourth-order valence-corrected chi connectivity index (χ4v) is 16.8. The van der Waals surface area contributed by atoms with Gasteiger partial charge in [0.05, 0.1) is 0 Å². The molecule has 0 saturated carbocycles. The van der Waals surface area contributed by atoms with E-state index in [1.807, 2.05) is 10.1 Å². The summed E-state index contributed by atoms with van der Waals surface area (Å²) in [6.07, 6.45) is 2.56. The van der Waals surface area contributed by atoms with E-state index in [1.165, 1.54) is 23.7 Å². The Morgan fingerprint density at radius 2 is 0.694 bits per heavy atom. The van der Waals surface area contributed by atoms with Crippen LogP contribution in [0, 0.1) is 5.92 Å². The maximum Gasteiger partial charge on any atom is 0.00900 e. The zero-order chi connectivity index (χ0) is 38.2. The molecule has 1 aliphatic rings. The summed E-state index contributed by atoms with van der Waals surface area (Å²) in [5.41, 5.74) is 12.9. The van der Waals surface area contributed by atoms with Gasteiger partial charge in [0.25, 0.3) is 0 Å². The third-order valence-corrected chi connectivity index (χ3v) is 17.7. The minimum atomic E-state index is -0.555. The van der Waals surface area contributed by atoms with E-state index >= 15 is 0 Å². The average Bonchev–Trinajstić information content (AvgIpc) is 2.83. The van der Waals surface area contributed by atoms with Crippen molar-refractivity contribution in [3.63, 3.8) is 0 Å². The lowest BCUT2D eigenvalue weighted by molar-refractivity contribution is 0.546. The van der Waals surface area contributed by atoms with Crippen LogP contribution in [0.2, 0.25) is 0 Å². The van der Waals surface area contributed by atoms with E-state index in [-0.39, 0.29) is 37.6 Å². The van der Waals surface area contributed by atoms with Gasteiger partial charge in [-0.15, -0.1) is 7.17 Å². The quantitative estimate of drug-likeness (QED) is 0.272. The lowest BCUT2D eigenvalue weighted by Crippen LogP contribution is -2.35. The summed E-state index contributed by atoms with van der Waals surface area (Å²) < 4.78 is 0. The van der Waals surface area contributed by atoms with Crippen molar-refractivity contribution in [2.75, 3.05) is 6.16 Å². The maximum absolute atomic E-state index is 2.63. The zero-order valence-electron chi connectivity index (χ0n) is 36.7. The van der Waals surface area contributed by atoms with Crippen LogP contribution in [0.1, 0.15) is 210 Å². The normalized spacial score (nSPS) is 18.0. The molecule has 0 N–H and O–H groups in total. The molecule has 0 aliphatic carbocycles. The van der Waals surface area contributed by atoms with Gasteiger partial charge >= 0.3 is 0 Å². The summed E-state index contributed by atoms with van der Waals surface area (Å²) in [5.74, 6) is 0.686. The zero-order valence-corrected chi connectivity index (χ0v) is 38.5. The lowest BCUT2D eigenvalue weighted by atomic mass is 9.72. The fraction of sp³-hybridized carbons (Fsp3) is 0.702. The third kappa shape index (κ3) is 9.11. The van der Waals surface area contributed by atoms with E-state index < -0.39 is 15.1 Å². The molecule has 0 amide bonds. The van der Waals surface area contributed by atoms with Gasteiger partial charge in [0, 0.05) is 10.1 Å². The summed E-state index contributed by atoms with van der Waals surface area (Å²) in [7, 11) is -1.04. The largest absolute Gasteiger partial charge is 0.107 e. The van der Waals surface area contributed by atoms with Crippen molar-refractivity contribution in [2.24, 2.45) is 5.92 Å². The summed E-state index contributed by atoms with van der Waals surface area (Å²) in [6.45, 7) is 56.4. The van der Waals surface area contributed by atoms with Crippen LogP contribution in [-0.2, 0) is 32.5 Å². The van der Waals surface area contributed by atoms with Crippen LogP contribution in [-0.4, -0.2) is 21.4 Å². The summed E-state index contributed by atoms with van der Waals surface area (Å²) in [5, 5.41) is 3.85. The topological polar surface area (TPSA) is 0 Å². The van der Waals surface area contributed by atoms with Gasteiger partial charge < -0.3 is 0 Å². The van der Waals surface area contributed by atoms with Crippen LogP contribution in [0.15, 0.2) is 24.3 Å². The molecule has 1 aliphatic heterocycles. The second kappa shape index (κ2) is 13.4. The van der Waals surface area contributed by atoms with E-state index in [4.69, 9.17) is 0 Å². The average molecular weight is 705 g/mol. The molecule has 0 fully saturated rings. The summed E-state index contributed by atoms with van der Waals surface area (Å²) in [4.78, 5) is 0. The number of hydrogen-bond acceptors (Lipinski definition) is 0. The molecule has 0 spiro atoms. The molecule has 0 atom stereocenters. The Hall–Kier alpha value is -1.09. The van der Waals surface area contributed by atoms with Crippen molar-refractivity contribution >= 4 is 25.2 Å². The second-order valence-corrected chi connectivity index (χ2v) is 28.7. The number of benzene rings is 2. The van der Waals surface area contributed by atoms with Gasteiger partial charge in [-0.1, -0.05) is 184 Å². The van der Waals surface area contributed by atoms with E-state index in [1.54, 1.807) is 33.4 Å². The molecule has 49 heavy (non-hydrogen) atoms. The standard InChI is InChI=1S/C47H78P2/c1-30(2)24-25-48-39(37-33(43(9,10)11)26-31(41(3,4)5)27-34(37)44(12,13)14)49(47(21,22)23)40(48)38-35(45(15,16)17)28-32(42(6,7)8)29-36(38)46(18,19)20/h26-30H,24-25H2,1-23H3. The first-order valence-electron chi connectivity index (χ1n) is 19.3. The van der Waals surface area contributed by atoms with Crippen molar-refractivity contribution < 1.29 is 0 Å². The van der Waals surface area contributed by atoms with Crippen LogP contribution in [0.3, 0.4) is 0 Å². The minimum absolute atomic E-state index is 0.0405. The van der Waals surface area contributed by atoms with Gasteiger partial charge in [0.1, 0.15) is 0 Å². The summed E-state index contributed by atoms with van der Waals surface area (Å²) >= 11 is 0. The molecule has 0 unspecified atom stereocenters. The molecule has 0 bridgehead atoms. The Morgan fingerprint density at radius 1 is 0.429 bits per heavy atom. The Labute approximate surface area is 308 Å². The highest BCUT2D eigenvalue weighted by molar-refractivity contribution is 8.15. The fourth-order valence-electron chi connectivity index (χ4n) is 7.12. The van der Waals surface area contributed by atoms with Crippen molar-refractivity contribution in [1.82, 2.24) is 0 Å². The monoisotopic (exact) mass is 705 g/mol. The predicted molar refractivity (Wildman–Crippen MR) is 231 cm³/mol. The smallest absolute Gasteiger partial charge is 0.00900 e. The first-order chi connectivity index (χ1) is 21.6. The van der Waals surface area contributed by atoms with Crippen molar-refractivity contribution in [3.05, 3.63) is 68.8 Å². The summed E-state index contributed by atoms with van der Waals surface area (Å²) in [6, 6.07) is 10.5. The van der Waals surface area contributed by atoms with E-state index in [2.05, 4.69) is 184 Å². The van der Waals surface area contributed by atoms with E-state index in [0.29, 0.717) is 5.92 Å². The highest BCUT2D eigenvalue weighted by Crippen LogP contribution is 2.69. The van der Waals surface area contributed by atoms with E-state index in [0.717, 1.165) is 0 Å². The molecule has 2 aromatic rings. The predicted octanol–water partition coefficient (Wildman–Crippen LogP) is 14.9.